The van der Waals surface area contributed by atoms with E-state index in [1.165, 1.54) is 11.8 Å². The van der Waals surface area contributed by atoms with Crippen molar-refractivity contribution in [2.45, 2.75) is 32.8 Å². The molecule has 7 heteroatoms. The Balaban J connectivity index is 2.04. The summed E-state index contributed by atoms with van der Waals surface area (Å²) in [7, 11) is 0. The Morgan fingerprint density at radius 1 is 1.43 bits per heavy atom. The zero-order valence-electron chi connectivity index (χ0n) is 13.3. The average Bonchev–Trinajstić information content (AvgIpc) is 2.92. The Morgan fingerprint density at radius 3 is 2.70 bits per heavy atom. The third-order valence-corrected chi connectivity index (χ3v) is 3.57. The Morgan fingerprint density at radius 2 is 2.13 bits per heavy atom. The fraction of sp³-hybridized carbons (Fsp3) is 0.438. The first kappa shape index (κ1) is 16.8. The molecule has 1 aromatic rings. The minimum atomic E-state index is -0.433. The maximum absolute atomic E-state index is 11.9. The zero-order valence-corrected chi connectivity index (χ0v) is 13.3. The maximum atomic E-state index is 11.9. The molecule has 0 spiro atoms. The fourth-order valence-corrected chi connectivity index (χ4v) is 2.42. The molecule has 2 N–H and O–H groups in total. The number of nitrogens with one attached hydrogen (secondary N) is 1. The highest BCUT2D eigenvalue weighted by molar-refractivity contribution is 6.00. The topological polar surface area (TPSA) is 91.2 Å². The van der Waals surface area contributed by atoms with Gasteiger partial charge in [0.2, 0.25) is 5.91 Å². The number of carbonyl (C=O) groups excluding carboxylic acids is 2. The van der Waals surface area contributed by atoms with Gasteiger partial charge in [0.05, 0.1) is 18.8 Å². The van der Waals surface area contributed by atoms with Gasteiger partial charge in [-0.15, -0.1) is 0 Å². The number of ether oxygens (including phenoxy) is 1. The van der Waals surface area contributed by atoms with Gasteiger partial charge >= 0.3 is 6.09 Å². The van der Waals surface area contributed by atoms with Crippen molar-refractivity contribution in [2.75, 3.05) is 18.0 Å². The van der Waals surface area contributed by atoms with Crippen LogP contribution in [0.15, 0.2) is 29.4 Å². The van der Waals surface area contributed by atoms with Gasteiger partial charge in [0.1, 0.15) is 6.10 Å². The van der Waals surface area contributed by atoms with E-state index in [0.29, 0.717) is 30.9 Å². The minimum Gasteiger partial charge on any atom is -0.442 e. The van der Waals surface area contributed by atoms with Gasteiger partial charge < -0.3 is 15.3 Å². The first-order valence-corrected chi connectivity index (χ1v) is 7.59. The molecule has 0 radical (unpaired) electrons. The van der Waals surface area contributed by atoms with Crippen LogP contribution >= 0.6 is 0 Å². The number of cyclic esters (lactones) is 1. The van der Waals surface area contributed by atoms with E-state index in [2.05, 4.69) is 10.5 Å². The van der Waals surface area contributed by atoms with Gasteiger partial charge in [-0.25, -0.2) is 4.79 Å². The van der Waals surface area contributed by atoms with Crippen LogP contribution in [0.5, 0.6) is 0 Å². The highest BCUT2D eigenvalue weighted by Crippen LogP contribution is 2.22. The number of rotatable bonds is 6. The first-order valence-electron chi connectivity index (χ1n) is 7.59. The molecule has 0 saturated carbocycles. The van der Waals surface area contributed by atoms with Crippen LogP contribution in [0, 0.1) is 0 Å². The molecule has 0 aromatic heterocycles. The molecule has 0 aliphatic carbocycles. The van der Waals surface area contributed by atoms with Gasteiger partial charge in [0.15, 0.2) is 0 Å². The van der Waals surface area contributed by atoms with Gasteiger partial charge in [0.25, 0.3) is 0 Å². The van der Waals surface area contributed by atoms with Crippen LogP contribution in [-0.4, -0.2) is 42.1 Å². The fourth-order valence-electron chi connectivity index (χ4n) is 2.42. The third kappa shape index (κ3) is 4.21. The lowest BCUT2D eigenvalue weighted by Crippen LogP contribution is -2.33. The first-order chi connectivity index (χ1) is 11.0. The summed E-state index contributed by atoms with van der Waals surface area (Å²) >= 11 is 0. The lowest BCUT2D eigenvalue weighted by atomic mass is 10.1. The van der Waals surface area contributed by atoms with E-state index in [0.717, 1.165) is 12.0 Å². The van der Waals surface area contributed by atoms with Crippen LogP contribution in [0.4, 0.5) is 10.5 Å². The SMILES string of the molecule is CCC/C(=N/O)c1ccc(N2C[C@H](CNC(C)=O)OC2=O)cc1. The van der Waals surface area contributed by atoms with Crippen LogP contribution in [0.1, 0.15) is 32.3 Å². The number of anilines is 1. The van der Waals surface area contributed by atoms with Gasteiger partial charge in [0, 0.05) is 12.6 Å². The molecule has 2 amide bonds. The van der Waals surface area contributed by atoms with Gasteiger partial charge in [-0.1, -0.05) is 30.6 Å². The quantitative estimate of drug-likeness (QED) is 0.477. The van der Waals surface area contributed by atoms with E-state index < -0.39 is 6.09 Å². The lowest BCUT2D eigenvalue weighted by molar-refractivity contribution is -0.119. The average molecular weight is 319 g/mol. The lowest BCUT2D eigenvalue weighted by Gasteiger charge is -2.14. The van der Waals surface area contributed by atoms with Crippen molar-refractivity contribution in [1.29, 1.82) is 0 Å². The van der Waals surface area contributed by atoms with E-state index in [9.17, 15) is 9.59 Å². The molecule has 1 heterocycles. The molecule has 1 aliphatic rings. The molecule has 124 valence electrons. The summed E-state index contributed by atoms with van der Waals surface area (Å²) in [5.41, 5.74) is 2.14. The molecule has 0 bridgehead atoms. The number of hydrogen-bond acceptors (Lipinski definition) is 5. The summed E-state index contributed by atoms with van der Waals surface area (Å²) in [4.78, 5) is 24.4. The number of hydrogen-bond donors (Lipinski definition) is 2. The summed E-state index contributed by atoms with van der Waals surface area (Å²) in [5, 5.41) is 15.0. The van der Waals surface area contributed by atoms with Crippen molar-refractivity contribution in [1.82, 2.24) is 5.32 Å². The molecule has 1 atom stereocenters. The summed E-state index contributed by atoms with van der Waals surface area (Å²) < 4.78 is 5.22. The Labute approximate surface area is 134 Å². The van der Waals surface area contributed by atoms with Gasteiger partial charge in [-0.3, -0.25) is 9.69 Å². The van der Waals surface area contributed by atoms with Gasteiger partial charge in [-0.2, -0.15) is 0 Å². The second kappa shape index (κ2) is 7.62. The zero-order chi connectivity index (χ0) is 16.8. The highest BCUT2D eigenvalue weighted by atomic mass is 16.6. The van der Waals surface area contributed by atoms with Crippen LogP contribution < -0.4 is 10.2 Å². The predicted octanol–water partition coefficient (Wildman–Crippen LogP) is 2.13. The number of carbonyl (C=O) groups is 2. The van der Waals surface area contributed by atoms with Gasteiger partial charge in [-0.05, 0) is 24.1 Å². The van der Waals surface area contributed by atoms with Crippen molar-refractivity contribution in [2.24, 2.45) is 5.16 Å². The number of benzene rings is 1. The molecule has 1 aromatic carbocycles. The van der Waals surface area contributed by atoms with Crippen molar-refractivity contribution >= 4 is 23.4 Å². The number of oxime groups is 1. The van der Waals surface area contributed by atoms with Crippen LogP contribution in [-0.2, 0) is 9.53 Å². The van der Waals surface area contributed by atoms with E-state index in [1.807, 2.05) is 19.1 Å². The molecule has 1 saturated heterocycles. The van der Waals surface area contributed by atoms with Crippen LogP contribution in [0.3, 0.4) is 0 Å². The second-order valence-electron chi connectivity index (χ2n) is 5.40. The van der Waals surface area contributed by atoms with Crippen LogP contribution in [0.2, 0.25) is 0 Å². The Kier molecular flexibility index (Phi) is 5.56. The molecular formula is C16H21N3O4. The molecule has 1 fully saturated rings. The predicted molar refractivity (Wildman–Crippen MR) is 86.0 cm³/mol. The normalized spacial score (nSPS) is 18.0. The molecule has 23 heavy (non-hydrogen) atoms. The van der Waals surface area contributed by atoms with Crippen molar-refractivity contribution < 1.29 is 19.5 Å². The molecular weight excluding hydrogens is 298 g/mol. The van der Waals surface area contributed by atoms with E-state index >= 15 is 0 Å². The molecule has 2 rings (SSSR count). The van der Waals surface area contributed by atoms with E-state index in [1.54, 1.807) is 12.1 Å². The summed E-state index contributed by atoms with van der Waals surface area (Å²) in [6.07, 6.45) is 0.767. The summed E-state index contributed by atoms with van der Waals surface area (Å²) in [6.45, 7) is 4.11. The molecule has 0 unspecified atom stereocenters. The second-order valence-corrected chi connectivity index (χ2v) is 5.40. The number of nitrogens with zero attached hydrogens (tertiary/aromatic N) is 2. The van der Waals surface area contributed by atoms with Crippen LogP contribution in [0.25, 0.3) is 0 Å². The summed E-state index contributed by atoms with van der Waals surface area (Å²) in [6, 6.07) is 7.21. The largest absolute Gasteiger partial charge is 0.442 e. The van der Waals surface area contributed by atoms with Crippen molar-refractivity contribution in [3.8, 4) is 0 Å². The smallest absolute Gasteiger partial charge is 0.414 e. The Hall–Kier alpha value is -2.57. The monoisotopic (exact) mass is 319 g/mol. The minimum absolute atomic E-state index is 0.157. The maximum Gasteiger partial charge on any atom is 0.414 e. The standard InChI is InChI=1S/C16H21N3O4/c1-3-4-15(18-22)12-5-7-13(8-6-12)19-10-14(23-16(19)21)9-17-11(2)20/h5-8,14,22H,3-4,9-10H2,1-2H3,(H,17,20)/b18-15-/t14-/m0/s1. The number of amides is 2. The summed E-state index contributed by atoms with van der Waals surface area (Å²) in [5.74, 6) is -0.157. The third-order valence-electron chi connectivity index (χ3n) is 3.57. The van der Waals surface area contributed by atoms with E-state index in [4.69, 9.17) is 9.94 Å². The van der Waals surface area contributed by atoms with Crippen molar-refractivity contribution in [3.63, 3.8) is 0 Å². The molecule has 1 aliphatic heterocycles. The van der Waals surface area contributed by atoms with Crippen molar-refractivity contribution in [3.05, 3.63) is 29.8 Å². The van der Waals surface area contributed by atoms with E-state index in [-0.39, 0.29) is 12.0 Å². The Bertz CT molecular complexity index is 598. The molecule has 7 nitrogen and oxygen atoms in total. The highest BCUT2D eigenvalue weighted by Gasteiger charge is 2.32.